The number of hydrogen-bond acceptors (Lipinski definition) is 5. The minimum absolute atomic E-state index is 0.0971. The van der Waals surface area contributed by atoms with Gasteiger partial charge in [-0.2, -0.15) is 0 Å². The predicted octanol–water partition coefficient (Wildman–Crippen LogP) is 1.45. The number of amides is 2. The van der Waals surface area contributed by atoms with Gasteiger partial charge in [-0.25, -0.2) is 9.97 Å². The Kier molecular flexibility index (Phi) is 3.58. The number of aryl methyl sites for hydroxylation is 1. The Morgan fingerprint density at radius 3 is 2.74 bits per heavy atom. The second-order valence-corrected chi connectivity index (χ2v) is 6.82. The number of pyridine rings is 1. The Bertz CT molecular complexity index is 788. The zero-order valence-corrected chi connectivity index (χ0v) is 13.7. The second kappa shape index (κ2) is 5.33. The highest BCUT2D eigenvalue weighted by Gasteiger charge is 2.28. The summed E-state index contributed by atoms with van der Waals surface area (Å²) in [5.41, 5.74) is 1.40. The van der Waals surface area contributed by atoms with Gasteiger partial charge in [-0.3, -0.25) is 14.9 Å². The number of ether oxygens (including phenoxy) is 1. The molecule has 2 aromatic heterocycles. The van der Waals surface area contributed by atoms with Crippen LogP contribution in [0.15, 0.2) is 12.3 Å². The summed E-state index contributed by atoms with van der Waals surface area (Å²) < 4.78 is 7.69. The Morgan fingerprint density at radius 1 is 1.35 bits per heavy atom. The van der Waals surface area contributed by atoms with Crippen molar-refractivity contribution >= 4 is 23.0 Å². The van der Waals surface area contributed by atoms with Crippen LogP contribution in [0.3, 0.4) is 0 Å². The largest absolute Gasteiger partial charge is 0.479 e. The van der Waals surface area contributed by atoms with Crippen molar-refractivity contribution in [1.29, 1.82) is 0 Å². The Balaban J connectivity index is 1.90. The van der Waals surface area contributed by atoms with E-state index in [-0.39, 0.29) is 17.7 Å². The van der Waals surface area contributed by atoms with E-state index < -0.39 is 12.0 Å². The summed E-state index contributed by atoms with van der Waals surface area (Å²) in [5.74, 6) is 0.764. The van der Waals surface area contributed by atoms with Crippen molar-refractivity contribution in [2.45, 2.75) is 45.1 Å². The van der Waals surface area contributed by atoms with E-state index in [2.05, 4.69) is 36.1 Å². The highest BCUT2D eigenvalue weighted by atomic mass is 16.5. The maximum Gasteiger partial charge on any atom is 0.267 e. The topological polar surface area (TPSA) is 86.1 Å². The van der Waals surface area contributed by atoms with Gasteiger partial charge in [0.15, 0.2) is 11.8 Å². The quantitative estimate of drug-likeness (QED) is 0.848. The molecule has 0 aliphatic carbocycles. The molecule has 0 aromatic carbocycles. The van der Waals surface area contributed by atoms with Crippen molar-refractivity contribution in [3.8, 4) is 5.75 Å². The number of carbonyl (C=O) groups excluding carboxylic acids is 2. The Morgan fingerprint density at radius 2 is 2.09 bits per heavy atom. The fraction of sp³-hybridized carbons (Fsp3) is 0.500. The van der Waals surface area contributed by atoms with Crippen LogP contribution in [0.25, 0.3) is 11.2 Å². The number of aromatic nitrogens is 3. The number of piperidine rings is 1. The molecule has 1 fully saturated rings. The summed E-state index contributed by atoms with van der Waals surface area (Å²) >= 11 is 0. The normalized spacial score (nSPS) is 19.0. The van der Waals surface area contributed by atoms with Gasteiger partial charge < -0.3 is 9.30 Å². The summed E-state index contributed by atoms with van der Waals surface area (Å²) in [7, 11) is 1.94. The molecule has 7 heteroatoms. The molecular formula is C16H20N4O3. The minimum Gasteiger partial charge on any atom is -0.479 e. The van der Waals surface area contributed by atoms with Crippen LogP contribution in [0.2, 0.25) is 0 Å². The first-order valence-corrected chi connectivity index (χ1v) is 7.59. The molecule has 1 N–H and O–H groups in total. The number of nitrogens with one attached hydrogen (secondary N) is 1. The Labute approximate surface area is 134 Å². The van der Waals surface area contributed by atoms with E-state index in [0.717, 1.165) is 11.3 Å². The summed E-state index contributed by atoms with van der Waals surface area (Å²) in [4.78, 5) is 31.9. The standard InChI is InChI=1S/C16H20N4O3/c1-16(2,3)15-19-13-10(20(15)4)7-9(8-17-13)23-11-5-6-12(21)18-14(11)22/h7-8,11H,5-6H2,1-4H3,(H,18,21,22). The van der Waals surface area contributed by atoms with Crippen LogP contribution in [0, 0.1) is 0 Å². The molecule has 0 radical (unpaired) electrons. The van der Waals surface area contributed by atoms with Crippen LogP contribution in [-0.2, 0) is 22.1 Å². The van der Waals surface area contributed by atoms with Crippen molar-refractivity contribution in [2.75, 3.05) is 0 Å². The van der Waals surface area contributed by atoms with Gasteiger partial charge in [-0.1, -0.05) is 20.8 Å². The molecule has 0 spiro atoms. The molecule has 122 valence electrons. The number of nitrogens with zero attached hydrogens (tertiary/aromatic N) is 3. The first-order chi connectivity index (χ1) is 10.8. The maximum absolute atomic E-state index is 11.8. The molecule has 7 nitrogen and oxygen atoms in total. The van der Waals surface area contributed by atoms with Crippen LogP contribution in [0.5, 0.6) is 5.75 Å². The number of hydrogen-bond donors (Lipinski definition) is 1. The Hall–Kier alpha value is -2.44. The summed E-state index contributed by atoms with van der Waals surface area (Å²) in [6, 6.07) is 1.83. The number of imide groups is 1. The lowest BCUT2D eigenvalue weighted by Gasteiger charge is -2.21. The molecule has 0 saturated carbocycles. The molecule has 1 atom stereocenters. The van der Waals surface area contributed by atoms with E-state index in [1.165, 1.54) is 0 Å². The molecule has 0 bridgehead atoms. The summed E-state index contributed by atoms with van der Waals surface area (Å²) in [6.07, 6.45) is 1.56. The van der Waals surface area contributed by atoms with E-state index in [9.17, 15) is 9.59 Å². The molecule has 23 heavy (non-hydrogen) atoms. The molecule has 1 aliphatic rings. The average Bonchev–Trinajstić information content (AvgIpc) is 2.79. The first kappa shape index (κ1) is 15.5. The van der Waals surface area contributed by atoms with E-state index >= 15 is 0 Å². The fourth-order valence-electron chi connectivity index (χ4n) is 2.74. The third-order valence-corrected chi connectivity index (χ3v) is 3.85. The van der Waals surface area contributed by atoms with E-state index in [0.29, 0.717) is 17.8 Å². The van der Waals surface area contributed by atoms with Gasteiger partial charge >= 0.3 is 0 Å². The van der Waals surface area contributed by atoms with Gasteiger partial charge in [-0.05, 0) is 0 Å². The van der Waals surface area contributed by atoms with E-state index in [1.54, 1.807) is 6.20 Å². The lowest BCUT2D eigenvalue weighted by Crippen LogP contribution is -2.46. The van der Waals surface area contributed by atoms with E-state index in [1.807, 2.05) is 17.7 Å². The molecule has 1 aliphatic heterocycles. The zero-order valence-electron chi connectivity index (χ0n) is 13.7. The van der Waals surface area contributed by atoms with Gasteiger partial charge in [0.1, 0.15) is 11.6 Å². The molecule has 3 heterocycles. The van der Waals surface area contributed by atoms with Gasteiger partial charge in [0.2, 0.25) is 5.91 Å². The number of carbonyl (C=O) groups is 2. The third kappa shape index (κ3) is 2.91. The minimum atomic E-state index is -0.665. The highest BCUT2D eigenvalue weighted by molar-refractivity contribution is 5.99. The predicted molar refractivity (Wildman–Crippen MR) is 84.0 cm³/mol. The summed E-state index contributed by atoms with van der Waals surface area (Å²) in [6.45, 7) is 6.28. The first-order valence-electron chi connectivity index (χ1n) is 7.59. The van der Waals surface area contributed by atoms with Gasteiger partial charge in [0.25, 0.3) is 5.91 Å². The van der Waals surface area contributed by atoms with E-state index in [4.69, 9.17) is 4.74 Å². The van der Waals surface area contributed by atoms with Crippen molar-refractivity contribution < 1.29 is 14.3 Å². The van der Waals surface area contributed by atoms with Crippen LogP contribution in [-0.4, -0.2) is 32.5 Å². The lowest BCUT2D eigenvalue weighted by molar-refractivity contribution is -0.138. The third-order valence-electron chi connectivity index (χ3n) is 3.85. The molecular weight excluding hydrogens is 296 g/mol. The smallest absolute Gasteiger partial charge is 0.267 e. The number of rotatable bonds is 2. The van der Waals surface area contributed by atoms with Crippen LogP contribution < -0.4 is 10.1 Å². The van der Waals surface area contributed by atoms with Gasteiger partial charge in [0, 0.05) is 31.4 Å². The van der Waals surface area contributed by atoms with Crippen LogP contribution in [0.1, 0.15) is 39.4 Å². The van der Waals surface area contributed by atoms with Crippen LogP contribution in [0.4, 0.5) is 0 Å². The monoisotopic (exact) mass is 316 g/mol. The van der Waals surface area contributed by atoms with Crippen molar-refractivity contribution in [1.82, 2.24) is 19.9 Å². The molecule has 1 unspecified atom stereocenters. The number of imidazole rings is 1. The molecule has 2 aromatic rings. The molecule has 1 saturated heterocycles. The fourth-order valence-corrected chi connectivity index (χ4v) is 2.74. The van der Waals surface area contributed by atoms with Crippen LogP contribution >= 0.6 is 0 Å². The SMILES string of the molecule is Cn1c(C(C)(C)C)nc2ncc(OC3CCC(=O)NC3=O)cc21. The summed E-state index contributed by atoms with van der Waals surface area (Å²) in [5, 5.41) is 2.28. The maximum atomic E-state index is 11.8. The second-order valence-electron chi connectivity index (χ2n) is 6.82. The van der Waals surface area contributed by atoms with Crippen molar-refractivity contribution in [2.24, 2.45) is 7.05 Å². The van der Waals surface area contributed by atoms with Crippen molar-refractivity contribution in [3.63, 3.8) is 0 Å². The number of fused-ring (bicyclic) bond motifs is 1. The highest BCUT2D eigenvalue weighted by Crippen LogP contribution is 2.27. The lowest BCUT2D eigenvalue weighted by atomic mass is 9.96. The van der Waals surface area contributed by atoms with Gasteiger partial charge in [-0.15, -0.1) is 0 Å². The molecule has 3 rings (SSSR count). The molecule has 2 amide bonds. The van der Waals surface area contributed by atoms with Crippen molar-refractivity contribution in [3.05, 3.63) is 18.1 Å². The average molecular weight is 316 g/mol. The van der Waals surface area contributed by atoms with Gasteiger partial charge in [0.05, 0.1) is 11.7 Å². The zero-order chi connectivity index (χ0) is 16.8.